The number of fused-ring (bicyclic) bond motifs is 1. The number of β-lactam (4-membered cyclic amide) rings is 1. The molecule has 0 aromatic rings. The van der Waals surface area contributed by atoms with Gasteiger partial charge in [0.25, 0.3) is 5.91 Å². The molecule has 0 aromatic carbocycles. The third-order valence-electron chi connectivity index (χ3n) is 2.50. The summed E-state index contributed by atoms with van der Waals surface area (Å²) in [6.07, 6.45) is 1.50. The van der Waals surface area contributed by atoms with E-state index in [0.717, 1.165) is 0 Å². The van der Waals surface area contributed by atoms with Crippen molar-refractivity contribution in [3.8, 4) is 0 Å². The van der Waals surface area contributed by atoms with Crippen LogP contribution in [0.25, 0.3) is 0 Å². The van der Waals surface area contributed by atoms with Crippen molar-refractivity contribution in [3.05, 3.63) is 11.8 Å². The van der Waals surface area contributed by atoms with Crippen LogP contribution >= 0.6 is 11.8 Å². The Bertz CT molecular complexity index is 370. The Morgan fingerprint density at radius 2 is 2.53 bits per heavy atom. The van der Waals surface area contributed by atoms with Crippen LogP contribution in [0.2, 0.25) is 0 Å². The minimum atomic E-state index is -1.38. The lowest BCUT2D eigenvalue weighted by Crippen LogP contribution is -2.78. The maximum absolute atomic E-state index is 11.6. The average molecular weight is 230 g/mol. The molecule has 6 nitrogen and oxygen atoms in total. The molecule has 0 saturated carbocycles. The maximum atomic E-state index is 11.6. The standard InChI is InChI=1S/C8H10N2O4S/c1-14-8(9)6(13)10-4(5(11)12)2-3-15-7(8)10/h2,7H,3,9H2,1H3,(H,11,12)/t7-,8?/m0/s1. The quantitative estimate of drug-likeness (QED) is 0.475. The van der Waals surface area contributed by atoms with Crippen LogP contribution in [-0.4, -0.2) is 45.8 Å². The molecular weight excluding hydrogens is 220 g/mol. The number of amides is 1. The number of carboxylic acids is 1. The second kappa shape index (κ2) is 3.22. The summed E-state index contributed by atoms with van der Waals surface area (Å²) in [5.41, 5.74) is 4.32. The lowest BCUT2D eigenvalue weighted by Gasteiger charge is -2.53. The lowest BCUT2D eigenvalue weighted by molar-refractivity contribution is -0.182. The minimum Gasteiger partial charge on any atom is -0.477 e. The summed E-state index contributed by atoms with van der Waals surface area (Å²) >= 11 is 1.38. The number of carbonyl (C=O) groups excluding carboxylic acids is 1. The minimum absolute atomic E-state index is 0.0122. The Balaban J connectivity index is 2.31. The number of ether oxygens (including phenoxy) is 1. The average Bonchev–Trinajstić information content (AvgIpc) is 2.26. The molecule has 2 aliphatic heterocycles. The Kier molecular flexibility index (Phi) is 2.25. The monoisotopic (exact) mass is 230 g/mol. The van der Waals surface area contributed by atoms with Gasteiger partial charge in [-0.25, -0.2) is 4.79 Å². The zero-order valence-corrected chi connectivity index (χ0v) is 8.78. The number of rotatable bonds is 2. The van der Waals surface area contributed by atoms with Crippen molar-refractivity contribution in [1.82, 2.24) is 4.90 Å². The topological polar surface area (TPSA) is 92.9 Å². The van der Waals surface area contributed by atoms with Gasteiger partial charge in [0.2, 0.25) is 5.72 Å². The molecule has 0 radical (unpaired) electrons. The van der Waals surface area contributed by atoms with E-state index < -0.39 is 23.0 Å². The molecule has 82 valence electrons. The third-order valence-corrected chi connectivity index (χ3v) is 3.74. The highest BCUT2D eigenvalue weighted by molar-refractivity contribution is 8.00. The van der Waals surface area contributed by atoms with Crippen LogP contribution in [0.4, 0.5) is 0 Å². The van der Waals surface area contributed by atoms with Gasteiger partial charge in [0.15, 0.2) is 0 Å². The molecule has 1 fully saturated rings. The van der Waals surface area contributed by atoms with E-state index in [-0.39, 0.29) is 5.70 Å². The third kappa shape index (κ3) is 1.20. The fourth-order valence-electron chi connectivity index (χ4n) is 1.66. The molecule has 3 N–H and O–H groups in total. The van der Waals surface area contributed by atoms with Crippen LogP contribution in [0.1, 0.15) is 0 Å². The van der Waals surface area contributed by atoms with Crippen LogP contribution in [0.15, 0.2) is 11.8 Å². The number of carbonyl (C=O) groups is 2. The molecule has 1 unspecified atom stereocenters. The first-order valence-electron chi connectivity index (χ1n) is 4.25. The molecule has 2 aliphatic rings. The predicted molar refractivity (Wildman–Crippen MR) is 52.7 cm³/mol. The molecule has 1 saturated heterocycles. The van der Waals surface area contributed by atoms with Crippen LogP contribution in [0, 0.1) is 0 Å². The first-order valence-corrected chi connectivity index (χ1v) is 5.30. The number of hydrogen-bond donors (Lipinski definition) is 2. The zero-order chi connectivity index (χ0) is 11.2. The van der Waals surface area contributed by atoms with E-state index >= 15 is 0 Å². The Morgan fingerprint density at radius 3 is 3.07 bits per heavy atom. The van der Waals surface area contributed by atoms with Gasteiger partial charge in [-0.1, -0.05) is 0 Å². The summed E-state index contributed by atoms with van der Waals surface area (Å²) in [6.45, 7) is 0. The molecule has 0 bridgehead atoms. The molecule has 2 atom stereocenters. The molecule has 0 aromatic heterocycles. The van der Waals surface area contributed by atoms with E-state index in [1.165, 1.54) is 29.8 Å². The van der Waals surface area contributed by atoms with Gasteiger partial charge in [-0.15, -0.1) is 11.8 Å². The normalized spacial score (nSPS) is 34.3. The van der Waals surface area contributed by atoms with Gasteiger partial charge in [-0.3, -0.25) is 15.4 Å². The second-order valence-electron chi connectivity index (χ2n) is 3.25. The first-order chi connectivity index (χ1) is 7.02. The Morgan fingerprint density at radius 1 is 1.87 bits per heavy atom. The van der Waals surface area contributed by atoms with E-state index in [2.05, 4.69) is 0 Å². The van der Waals surface area contributed by atoms with Gasteiger partial charge in [-0.2, -0.15) is 0 Å². The van der Waals surface area contributed by atoms with Gasteiger partial charge in [0.1, 0.15) is 11.1 Å². The molecular formula is C8H10N2O4S. The first kappa shape index (κ1) is 10.5. The van der Waals surface area contributed by atoms with Gasteiger partial charge in [-0.05, 0) is 6.08 Å². The maximum Gasteiger partial charge on any atom is 0.352 e. The van der Waals surface area contributed by atoms with Crippen molar-refractivity contribution in [2.45, 2.75) is 11.1 Å². The fraction of sp³-hybridized carbons (Fsp3) is 0.500. The number of methoxy groups -OCH3 is 1. The van der Waals surface area contributed by atoms with Crippen molar-refractivity contribution in [2.24, 2.45) is 5.73 Å². The highest BCUT2D eigenvalue weighted by Gasteiger charge is 2.62. The largest absolute Gasteiger partial charge is 0.477 e. The van der Waals surface area contributed by atoms with E-state index in [1.54, 1.807) is 0 Å². The van der Waals surface area contributed by atoms with Gasteiger partial charge >= 0.3 is 5.97 Å². The van der Waals surface area contributed by atoms with E-state index in [9.17, 15) is 9.59 Å². The highest BCUT2D eigenvalue weighted by atomic mass is 32.2. The van der Waals surface area contributed by atoms with Gasteiger partial charge < -0.3 is 9.84 Å². The van der Waals surface area contributed by atoms with Crippen LogP contribution in [-0.2, 0) is 14.3 Å². The van der Waals surface area contributed by atoms with Crippen molar-refractivity contribution >= 4 is 23.6 Å². The SMILES string of the molecule is COC1(N)C(=O)N2C(C(=O)O)=CCS[C@H]21. The van der Waals surface area contributed by atoms with Crippen molar-refractivity contribution in [3.63, 3.8) is 0 Å². The van der Waals surface area contributed by atoms with Crippen molar-refractivity contribution in [2.75, 3.05) is 12.9 Å². The van der Waals surface area contributed by atoms with Crippen molar-refractivity contribution in [1.29, 1.82) is 0 Å². The second-order valence-corrected chi connectivity index (χ2v) is 4.37. The number of nitrogens with two attached hydrogens (primary N) is 1. The van der Waals surface area contributed by atoms with Gasteiger partial charge in [0, 0.05) is 12.9 Å². The molecule has 7 heteroatoms. The van der Waals surface area contributed by atoms with Crippen LogP contribution < -0.4 is 5.73 Å². The number of nitrogens with zero attached hydrogens (tertiary/aromatic N) is 1. The van der Waals surface area contributed by atoms with E-state index in [1.807, 2.05) is 0 Å². The molecule has 2 rings (SSSR count). The molecule has 0 spiro atoms. The Hall–Kier alpha value is -1.05. The summed E-state index contributed by atoms with van der Waals surface area (Å²) in [6, 6.07) is 0. The zero-order valence-electron chi connectivity index (χ0n) is 7.97. The van der Waals surface area contributed by atoms with Gasteiger partial charge in [0.05, 0.1) is 0 Å². The Labute approximate surface area is 90.0 Å². The summed E-state index contributed by atoms with van der Waals surface area (Å²) in [7, 11) is 1.34. The van der Waals surface area contributed by atoms with Crippen LogP contribution in [0.5, 0.6) is 0 Å². The molecule has 0 aliphatic carbocycles. The molecule has 2 heterocycles. The molecule has 1 amide bonds. The molecule has 15 heavy (non-hydrogen) atoms. The van der Waals surface area contributed by atoms with Crippen molar-refractivity contribution < 1.29 is 19.4 Å². The fourth-order valence-corrected chi connectivity index (χ4v) is 2.89. The number of aliphatic carboxylic acids is 1. The summed E-state index contributed by atoms with van der Waals surface area (Å²) in [5.74, 6) is -1.11. The smallest absolute Gasteiger partial charge is 0.352 e. The van der Waals surface area contributed by atoms with Crippen LogP contribution in [0.3, 0.4) is 0 Å². The summed E-state index contributed by atoms with van der Waals surface area (Å²) in [4.78, 5) is 23.6. The highest BCUT2D eigenvalue weighted by Crippen LogP contribution is 2.42. The van der Waals surface area contributed by atoms with E-state index in [4.69, 9.17) is 15.6 Å². The number of carboxylic acid groups (broad SMARTS) is 1. The van der Waals surface area contributed by atoms with E-state index in [0.29, 0.717) is 5.75 Å². The number of hydrogen-bond acceptors (Lipinski definition) is 5. The summed E-state index contributed by atoms with van der Waals surface area (Å²) in [5, 5.41) is 8.43. The summed E-state index contributed by atoms with van der Waals surface area (Å²) < 4.78 is 4.93. The lowest BCUT2D eigenvalue weighted by atomic mass is 10.0. The number of thioether (sulfide) groups is 1. The predicted octanol–water partition coefficient (Wildman–Crippen LogP) is -0.829.